The second-order valence-corrected chi connectivity index (χ2v) is 7.54. The number of carbonyl (C=O) groups excluding carboxylic acids is 1. The van der Waals surface area contributed by atoms with Crippen LogP contribution < -0.4 is 15.8 Å². The lowest BCUT2D eigenvalue weighted by Crippen LogP contribution is -2.42. The summed E-state index contributed by atoms with van der Waals surface area (Å²) in [4.78, 5) is 24.5. The standard InChI is InChI=1S/C22H20F3N5O3/c1-2-3-8-32-17-11-27-15(10-28-17)20(31)29-12-4-5-14(23)13(9-12)19-18-16(33-21(26)30-19)6-7-22(18,24)25/h4-5,9-11,16,18-19H,6-8H2,1H3,(H2,26,30)(H,29,31). The van der Waals surface area contributed by atoms with Crippen LogP contribution in [0.4, 0.5) is 18.9 Å². The Morgan fingerprint density at radius 2 is 2.18 bits per heavy atom. The number of ether oxygens (including phenoxy) is 2. The van der Waals surface area contributed by atoms with Gasteiger partial charge in [0.15, 0.2) is 6.61 Å². The first-order valence-corrected chi connectivity index (χ1v) is 10.1. The second-order valence-electron chi connectivity index (χ2n) is 7.54. The zero-order valence-electron chi connectivity index (χ0n) is 17.5. The third-order valence-electron chi connectivity index (χ3n) is 5.43. The van der Waals surface area contributed by atoms with Crippen LogP contribution in [0.3, 0.4) is 0 Å². The summed E-state index contributed by atoms with van der Waals surface area (Å²) in [7, 11) is 0. The van der Waals surface area contributed by atoms with Crippen molar-refractivity contribution in [2.45, 2.75) is 37.8 Å². The molecule has 0 radical (unpaired) electrons. The van der Waals surface area contributed by atoms with Gasteiger partial charge in [0, 0.05) is 17.7 Å². The van der Waals surface area contributed by atoms with Crippen molar-refractivity contribution in [1.82, 2.24) is 9.97 Å². The summed E-state index contributed by atoms with van der Waals surface area (Å²) in [5.74, 6) is -0.250. The number of fused-ring (bicyclic) bond motifs is 1. The van der Waals surface area contributed by atoms with Crippen LogP contribution in [-0.4, -0.2) is 40.5 Å². The van der Waals surface area contributed by atoms with Gasteiger partial charge < -0.3 is 20.5 Å². The van der Waals surface area contributed by atoms with Gasteiger partial charge in [-0.15, -0.1) is 5.92 Å². The number of hydrogen-bond donors (Lipinski definition) is 2. The lowest BCUT2D eigenvalue weighted by molar-refractivity contribution is -0.0748. The maximum absolute atomic E-state index is 14.7. The molecule has 3 N–H and O–H groups in total. The van der Waals surface area contributed by atoms with Crippen molar-refractivity contribution in [2.75, 3.05) is 11.9 Å². The number of alkyl halides is 2. The van der Waals surface area contributed by atoms with Crippen LogP contribution in [0.25, 0.3) is 0 Å². The number of amides is 1. The van der Waals surface area contributed by atoms with Crippen LogP contribution in [0.1, 0.15) is 41.9 Å². The predicted octanol–water partition coefficient (Wildman–Crippen LogP) is 3.07. The number of anilines is 1. The van der Waals surface area contributed by atoms with Gasteiger partial charge in [0.1, 0.15) is 17.6 Å². The van der Waals surface area contributed by atoms with E-state index in [0.717, 1.165) is 6.07 Å². The van der Waals surface area contributed by atoms with Gasteiger partial charge in [-0.1, -0.05) is 5.92 Å². The fourth-order valence-corrected chi connectivity index (χ4v) is 3.92. The molecular formula is C22H20F3N5O3. The van der Waals surface area contributed by atoms with E-state index in [1.165, 1.54) is 24.5 Å². The molecule has 11 heteroatoms. The van der Waals surface area contributed by atoms with E-state index in [4.69, 9.17) is 15.2 Å². The number of benzene rings is 1. The van der Waals surface area contributed by atoms with Gasteiger partial charge in [-0.25, -0.2) is 28.1 Å². The molecule has 0 bridgehead atoms. The average molecular weight is 459 g/mol. The predicted molar refractivity (Wildman–Crippen MR) is 112 cm³/mol. The molecule has 8 nitrogen and oxygen atoms in total. The lowest BCUT2D eigenvalue weighted by atomic mass is 9.87. The summed E-state index contributed by atoms with van der Waals surface area (Å²) in [6.45, 7) is 1.81. The molecule has 1 aliphatic heterocycles. The van der Waals surface area contributed by atoms with E-state index in [2.05, 4.69) is 32.1 Å². The molecule has 3 unspecified atom stereocenters. The number of amidine groups is 1. The van der Waals surface area contributed by atoms with Gasteiger partial charge in [-0.2, -0.15) is 0 Å². The molecule has 172 valence electrons. The Kier molecular flexibility index (Phi) is 6.09. The Morgan fingerprint density at radius 1 is 1.36 bits per heavy atom. The van der Waals surface area contributed by atoms with Crippen molar-refractivity contribution in [3.05, 3.63) is 47.7 Å². The highest BCUT2D eigenvalue weighted by Gasteiger charge is 2.57. The first kappa shape index (κ1) is 22.4. The maximum atomic E-state index is 14.7. The molecule has 2 aromatic rings. The van der Waals surface area contributed by atoms with Crippen molar-refractivity contribution in [3.8, 4) is 17.7 Å². The van der Waals surface area contributed by atoms with E-state index in [-0.39, 0.29) is 41.9 Å². The molecule has 33 heavy (non-hydrogen) atoms. The largest absolute Gasteiger partial charge is 0.463 e. The minimum atomic E-state index is -3.09. The van der Waals surface area contributed by atoms with E-state index in [1.54, 1.807) is 6.92 Å². The fourth-order valence-electron chi connectivity index (χ4n) is 3.92. The highest BCUT2D eigenvalue weighted by Crippen LogP contribution is 2.51. The Balaban J connectivity index is 1.54. The molecule has 1 fully saturated rings. The summed E-state index contributed by atoms with van der Waals surface area (Å²) < 4.78 is 54.2. The van der Waals surface area contributed by atoms with Crippen LogP contribution in [0.2, 0.25) is 0 Å². The van der Waals surface area contributed by atoms with E-state index in [1.807, 2.05) is 0 Å². The molecule has 0 saturated heterocycles. The minimum Gasteiger partial charge on any atom is -0.463 e. The fraction of sp³-hybridized carbons (Fsp3) is 0.364. The zero-order valence-corrected chi connectivity index (χ0v) is 17.5. The maximum Gasteiger partial charge on any atom is 0.282 e. The molecule has 2 heterocycles. The van der Waals surface area contributed by atoms with Crippen molar-refractivity contribution in [1.29, 1.82) is 0 Å². The summed E-state index contributed by atoms with van der Waals surface area (Å²) in [6.07, 6.45) is 1.31. The number of halogens is 3. The molecule has 3 atom stereocenters. The summed E-state index contributed by atoms with van der Waals surface area (Å²) in [6, 6.07) is 2.13. The zero-order chi connectivity index (χ0) is 23.6. The van der Waals surface area contributed by atoms with Crippen LogP contribution in [0.15, 0.2) is 35.6 Å². The molecule has 1 saturated carbocycles. The quantitative estimate of drug-likeness (QED) is 0.665. The number of carbonyl (C=O) groups is 1. The summed E-state index contributed by atoms with van der Waals surface area (Å²) >= 11 is 0. The summed E-state index contributed by atoms with van der Waals surface area (Å²) in [5.41, 5.74) is 5.70. The normalized spacial score (nSPS) is 22.8. The molecule has 1 amide bonds. The van der Waals surface area contributed by atoms with Crippen LogP contribution in [-0.2, 0) is 4.74 Å². The number of aliphatic imine (C=N–C) groups is 1. The monoisotopic (exact) mass is 459 g/mol. The van der Waals surface area contributed by atoms with Crippen LogP contribution >= 0.6 is 0 Å². The van der Waals surface area contributed by atoms with Gasteiger partial charge in [-0.05, 0) is 31.5 Å². The van der Waals surface area contributed by atoms with Crippen LogP contribution in [0.5, 0.6) is 5.88 Å². The smallest absolute Gasteiger partial charge is 0.282 e. The lowest BCUT2D eigenvalue weighted by Gasteiger charge is -2.34. The average Bonchev–Trinajstić information content (AvgIpc) is 3.09. The third kappa shape index (κ3) is 4.69. The molecule has 1 aliphatic carbocycles. The summed E-state index contributed by atoms with van der Waals surface area (Å²) in [5, 5.41) is 2.56. The number of nitrogens with zero attached hydrogens (tertiary/aromatic N) is 3. The number of nitrogens with one attached hydrogen (secondary N) is 1. The van der Waals surface area contributed by atoms with Crippen molar-refractivity contribution < 1.29 is 27.4 Å². The number of aromatic nitrogens is 2. The van der Waals surface area contributed by atoms with Crippen LogP contribution in [0, 0.1) is 23.6 Å². The first-order valence-electron chi connectivity index (χ1n) is 10.1. The molecule has 0 spiro atoms. The van der Waals surface area contributed by atoms with Gasteiger partial charge in [-0.3, -0.25) is 4.79 Å². The van der Waals surface area contributed by atoms with E-state index < -0.39 is 42.1 Å². The van der Waals surface area contributed by atoms with E-state index >= 15 is 0 Å². The molecule has 1 aromatic heterocycles. The van der Waals surface area contributed by atoms with Gasteiger partial charge in [0.25, 0.3) is 17.9 Å². The molecule has 1 aromatic carbocycles. The highest BCUT2D eigenvalue weighted by atomic mass is 19.3. The van der Waals surface area contributed by atoms with E-state index in [0.29, 0.717) is 0 Å². The molecule has 2 aliphatic rings. The van der Waals surface area contributed by atoms with Crippen molar-refractivity contribution in [2.24, 2.45) is 16.6 Å². The third-order valence-corrected chi connectivity index (χ3v) is 5.43. The Hall–Kier alpha value is -3.81. The Labute approximate surface area is 187 Å². The van der Waals surface area contributed by atoms with Crippen molar-refractivity contribution >= 4 is 17.6 Å². The topological polar surface area (TPSA) is 112 Å². The van der Waals surface area contributed by atoms with Gasteiger partial charge in [0.05, 0.1) is 24.4 Å². The molecule has 4 rings (SSSR count). The second kappa shape index (κ2) is 8.97. The van der Waals surface area contributed by atoms with Crippen molar-refractivity contribution in [3.63, 3.8) is 0 Å². The minimum absolute atomic E-state index is 0.0227. The number of hydrogen-bond acceptors (Lipinski definition) is 7. The van der Waals surface area contributed by atoms with Gasteiger partial charge in [0.2, 0.25) is 5.88 Å². The van der Waals surface area contributed by atoms with E-state index in [9.17, 15) is 18.0 Å². The highest BCUT2D eigenvalue weighted by molar-refractivity contribution is 6.02. The number of rotatable bonds is 5. The SMILES string of the molecule is CC#CCOc1cnc(C(=O)Nc2ccc(F)c(C3N=C(N)OC4CCC(F)(F)C43)c2)cn1. The Bertz CT molecular complexity index is 1140. The number of nitrogens with two attached hydrogens (primary N) is 1. The first-order chi connectivity index (χ1) is 15.8. The van der Waals surface area contributed by atoms with Gasteiger partial charge >= 0.3 is 0 Å². The Morgan fingerprint density at radius 3 is 2.91 bits per heavy atom. The molecular weight excluding hydrogens is 439 g/mol.